The van der Waals surface area contributed by atoms with Crippen molar-refractivity contribution in [2.75, 3.05) is 19.7 Å². The maximum absolute atomic E-state index is 13.0. The lowest BCUT2D eigenvalue weighted by Crippen LogP contribution is -2.41. The van der Waals surface area contributed by atoms with Crippen molar-refractivity contribution in [3.63, 3.8) is 0 Å². The summed E-state index contributed by atoms with van der Waals surface area (Å²) in [6.45, 7) is 2.70. The van der Waals surface area contributed by atoms with E-state index in [0.29, 0.717) is 17.9 Å². The van der Waals surface area contributed by atoms with Crippen LogP contribution in [-0.2, 0) is 11.3 Å². The van der Waals surface area contributed by atoms with Crippen LogP contribution in [0.25, 0.3) is 0 Å². The van der Waals surface area contributed by atoms with Gasteiger partial charge in [0.25, 0.3) is 0 Å². The van der Waals surface area contributed by atoms with Gasteiger partial charge in [-0.15, -0.1) is 0 Å². The molecule has 0 spiro atoms. The first-order valence-electron chi connectivity index (χ1n) is 10.1. The third-order valence-electron chi connectivity index (χ3n) is 5.09. The molecule has 3 rings (SSSR count). The van der Waals surface area contributed by atoms with Crippen LogP contribution in [0.2, 0.25) is 0 Å². The quantitative estimate of drug-likeness (QED) is 0.712. The molecule has 1 aliphatic rings. The number of nitrogens with one attached hydrogen (secondary N) is 1. The van der Waals surface area contributed by atoms with E-state index in [4.69, 9.17) is 10.5 Å². The van der Waals surface area contributed by atoms with Crippen molar-refractivity contribution in [1.29, 1.82) is 0 Å². The number of ether oxygens (including phenoxy) is 1. The number of primary amides is 1. The summed E-state index contributed by atoms with van der Waals surface area (Å²) in [4.78, 5) is 30.5. The molecule has 29 heavy (non-hydrogen) atoms. The van der Waals surface area contributed by atoms with Gasteiger partial charge in [-0.05, 0) is 68.8 Å². The van der Waals surface area contributed by atoms with Crippen LogP contribution >= 0.6 is 0 Å². The molecule has 7 heteroatoms. The van der Waals surface area contributed by atoms with Gasteiger partial charge in [-0.3, -0.25) is 14.6 Å². The number of hydrogen-bond acceptors (Lipinski definition) is 5. The molecule has 0 saturated carbocycles. The molecular weight excluding hydrogens is 368 g/mol. The Morgan fingerprint density at radius 2 is 1.97 bits per heavy atom. The molecule has 1 aromatic carbocycles. The lowest BCUT2D eigenvalue weighted by atomic mass is 10.1. The van der Waals surface area contributed by atoms with Crippen LogP contribution in [0.3, 0.4) is 0 Å². The summed E-state index contributed by atoms with van der Waals surface area (Å²) in [5.74, 6) is 0.198. The molecule has 154 valence electrons. The van der Waals surface area contributed by atoms with Gasteiger partial charge in [0.2, 0.25) is 11.8 Å². The average molecular weight is 396 g/mol. The predicted molar refractivity (Wildman–Crippen MR) is 110 cm³/mol. The first-order valence-corrected chi connectivity index (χ1v) is 10.1. The number of amides is 2. The molecule has 7 nitrogen and oxygen atoms in total. The second-order valence-corrected chi connectivity index (χ2v) is 7.16. The first-order chi connectivity index (χ1) is 14.1. The highest BCUT2D eigenvalue weighted by Gasteiger charge is 2.25. The fourth-order valence-electron chi connectivity index (χ4n) is 3.51. The lowest BCUT2D eigenvalue weighted by molar-refractivity contribution is -0.135. The summed E-state index contributed by atoms with van der Waals surface area (Å²) in [5, 5.41) is 3.40. The number of nitrogens with two attached hydrogens (primary N) is 1. The SMILES string of the molecule is NC(=O)c1ccc(OCCC(=O)N(Cc2ccccn2)C2CCCNCC2)cc1. The van der Waals surface area contributed by atoms with Crippen molar-refractivity contribution in [2.45, 2.75) is 38.3 Å². The summed E-state index contributed by atoms with van der Waals surface area (Å²) < 4.78 is 5.70. The van der Waals surface area contributed by atoms with E-state index in [-0.39, 0.29) is 25.0 Å². The van der Waals surface area contributed by atoms with E-state index in [0.717, 1.165) is 38.0 Å². The topological polar surface area (TPSA) is 97.6 Å². The minimum Gasteiger partial charge on any atom is -0.493 e. The normalized spacial score (nSPS) is 16.6. The second kappa shape index (κ2) is 10.6. The maximum atomic E-state index is 13.0. The van der Waals surface area contributed by atoms with Crippen LogP contribution in [0.15, 0.2) is 48.7 Å². The smallest absolute Gasteiger partial charge is 0.248 e. The predicted octanol–water partition coefficient (Wildman–Crippen LogP) is 2.12. The largest absolute Gasteiger partial charge is 0.493 e. The summed E-state index contributed by atoms with van der Waals surface area (Å²) >= 11 is 0. The third kappa shape index (κ3) is 6.29. The van der Waals surface area contributed by atoms with E-state index < -0.39 is 5.91 Å². The molecule has 1 atom stereocenters. The number of benzene rings is 1. The zero-order chi connectivity index (χ0) is 20.5. The average Bonchev–Trinajstić information content (AvgIpc) is 3.02. The van der Waals surface area contributed by atoms with E-state index in [1.165, 1.54) is 0 Å². The molecule has 1 aliphatic heterocycles. The van der Waals surface area contributed by atoms with Gasteiger partial charge < -0.3 is 20.7 Å². The van der Waals surface area contributed by atoms with Crippen molar-refractivity contribution in [3.05, 3.63) is 59.9 Å². The molecule has 1 saturated heterocycles. The highest BCUT2D eigenvalue weighted by molar-refractivity contribution is 5.92. The highest BCUT2D eigenvalue weighted by atomic mass is 16.5. The number of pyridine rings is 1. The van der Waals surface area contributed by atoms with Crippen LogP contribution in [0.5, 0.6) is 5.75 Å². The molecular formula is C22H28N4O3. The van der Waals surface area contributed by atoms with E-state index >= 15 is 0 Å². The lowest BCUT2D eigenvalue weighted by Gasteiger charge is -2.31. The summed E-state index contributed by atoms with van der Waals surface area (Å²) in [6, 6.07) is 12.6. The fraction of sp³-hybridized carbons (Fsp3) is 0.409. The second-order valence-electron chi connectivity index (χ2n) is 7.16. The van der Waals surface area contributed by atoms with Gasteiger partial charge in [-0.25, -0.2) is 0 Å². The highest BCUT2D eigenvalue weighted by Crippen LogP contribution is 2.18. The van der Waals surface area contributed by atoms with Gasteiger partial charge in [-0.1, -0.05) is 6.07 Å². The van der Waals surface area contributed by atoms with E-state index in [2.05, 4.69) is 10.3 Å². The summed E-state index contributed by atoms with van der Waals surface area (Å²) in [6.07, 6.45) is 5.02. The monoisotopic (exact) mass is 396 g/mol. The Kier molecular flexibility index (Phi) is 7.58. The third-order valence-corrected chi connectivity index (χ3v) is 5.09. The number of aromatic nitrogens is 1. The standard InChI is InChI=1S/C22H28N4O3/c23-22(28)17-6-8-20(9-7-17)29-15-11-21(27)26(16-18-4-1-2-13-25-18)19-5-3-12-24-14-10-19/h1-2,4,6-9,13,19,24H,3,5,10-12,14-16H2,(H2,23,28). The fourth-order valence-corrected chi connectivity index (χ4v) is 3.51. The Morgan fingerprint density at radius 1 is 1.14 bits per heavy atom. The molecule has 2 amide bonds. The Hall–Kier alpha value is -2.93. The van der Waals surface area contributed by atoms with Gasteiger partial charge in [0.15, 0.2) is 0 Å². The number of nitrogens with zero attached hydrogens (tertiary/aromatic N) is 2. The van der Waals surface area contributed by atoms with Crippen LogP contribution in [0.4, 0.5) is 0 Å². The van der Waals surface area contributed by atoms with Crippen molar-refractivity contribution < 1.29 is 14.3 Å². The maximum Gasteiger partial charge on any atom is 0.248 e. The molecule has 0 aliphatic carbocycles. The van der Waals surface area contributed by atoms with Gasteiger partial charge in [0, 0.05) is 17.8 Å². The molecule has 0 radical (unpaired) electrons. The Bertz CT molecular complexity index is 787. The summed E-state index contributed by atoms with van der Waals surface area (Å²) in [5.41, 5.74) is 6.56. The molecule has 3 N–H and O–H groups in total. The molecule has 1 fully saturated rings. The molecule has 1 unspecified atom stereocenters. The van der Waals surface area contributed by atoms with Gasteiger partial charge >= 0.3 is 0 Å². The van der Waals surface area contributed by atoms with Crippen molar-refractivity contribution in [2.24, 2.45) is 5.73 Å². The first kappa shape index (κ1) is 20.8. The zero-order valence-corrected chi connectivity index (χ0v) is 16.5. The van der Waals surface area contributed by atoms with Crippen LogP contribution in [-0.4, -0.2) is 47.4 Å². The van der Waals surface area contributed by atoms with Crippen molar-refractivity contribution in [3.8, 4) is 5.75 Å². The van der Waals surface area contributed by atoms with Gasteiger partial charge in [0.1, 0.15) is 5.75 Å². The van der Waals surface area contributed by atoms with Crippen molar-refractivity contribution >= 4 is 11.8 Å². The van der Waals surface area contributed by atoms with Crippen molar-refractivity contribution in [1.82, 2.24) is 15.2 Å². The Morgan fingerprint density at radius 3 is 2.69 bits per heavy atom. The number of carbonyl (C=O) groups is 2. The summed E-state index contributed by atoms with van der Waals surface area (Å²) in [7, 11) is 0. The zero-order valence-electron chi connectivity index (χ0n) is 16.5. The number of hydrogen-bond donors (Lipinski definition) is 2. The van der Waals surface area contributed by atoms with E-state index in [9.17, 15) is 9.59 Å². The molecule has 2 aromatic rings. The molecule has 1 aromatic heterocycles. The van der Waals surface area contributed by atoms with E-state index in [1.807, 2.05) is 23.1 Å². The van der Waals surface area contributed by atoms with Crippen LogP contribution in [0, 0.1) is 0 Å². The Balaban J connectivity index is 1.60. The van der Waals surface area contributed by atoms with Crippen LogP contribution < -0.4 is 15.8 Å². The number of carbonyl (C=O) groups excluding carboxylic acids is 2. The van der Waals surface area contributed by atoms with E-state index in [1.54, 1.807) is 30.5 Å². The minimum absolute atomic E-state index is 0.0660. The minimum atomic E-state index is -0.477. The van der Waals surface area contributed by atoms with Gasteiger partial charge in [0.05, 0.1) is 25.3 Å². The van der Waals surface area contributed by atoms with Gasteiger partial charge in [-0.2, -0.15) is 0 Å². The Labute approximate surface area is 171 Å². The molecule has 2 heterocycles. The van der Waals surface area contributed by atoms with Crippen LogP contribution in [0.1, 0.15) is 41.7 Å². The molecule has 0 bridgehead atoms. The number of rotatable bonds is 8.